The highest BCUT2D eigenvalue weighted by Crippen LogP contribution is 2.25. The van der Waals surface area contributed by atoms with Crippen molar-refractivity contribution in [1.29, 1.82) is 0 Å². The Morgan fingerprint density at radius 3 is 3.12 bits per heavy atom. The van der Waals surface area contributed by atoms with Crippen molar-refractivity contribution in [3.05, 3.63) is 26.5 Å². The van der Waals surface area contributed by atoms with E-state index in [0.717, 1.165) is 3.79 Å². The van der Waals surface area contributed by atoms with Gasteiger partial charge in [-0.05, 0) is 28.9 Å². The molecule has 0 unspecified atom stereocenters. The fraction of sp³-hybridized carbons (Fsp3) is 0.300. The second kappa shape index (κ2) is 4.97. The number of carbonyl (C=O) groups excluding carboxylic acids is 1. The first-order valence-electron chi connectivity index (χ1n) is 4.92. The van der Waals surface area contributed by atoms with Crippen LogP contribution < -0.4 is 5.56 Å². The average Bonchev–Trinajstić information content (AvgIpc) is 2.64. The average molecular weight is 317 g/mol. The van der Waals surface area contributed by atoms with E-state index in [2.05, 4.69) is 20.9 Å². The number of ether oxygens (including phenoxy) is 1. The largest absolute Gasteiger partial charge is 0.465 e. The Balaban J connectivity index is 2.39. The summed E-state index contributed by atoms with van der Waals surface area (Å²) in [4.78, 5) is 28.0. The molecule has 90 valence electrons. The molecule has 0 radical (unpaired) electrons. The highest BCUT2D eigenvalue weighted by atomic mass is 79.9. The van der Waals surface area contributed by atoms with E-state index in [1.54, 1.807) is 13.0 Å². The van der Waals surface area contributed by atoms with Crippen LogP contribution in [0.5, 0.6) is 0 Å². The molecule has 2 rings (SSSR count). The van der Waals surface area contributed by atoms with Gasteiger partial charge in [-0.3, -0.25) is 14.2 Å². The maximum atomic E-state index is 12.0. The highest BCUT2D eigenvalue weighted by molar-refractivity contribution is 9.11. The summed E-state index contributed by atoms with van der Waals surface area (Å²) in [6.07, 6.45) is 1.37. The van der Waals surface area contributed by atoms with Gasteiger partial charge >= 0.3 is 5.97 Å². The van der Waals surface area contributed by atoms with Gasteiger partial charge in [0.05, 0.1) is 22.1 Å². The van der Waals surface area contributed by atoms with Crippen LogP contribution in [-0.2, 0) is 16.1 Å². The van der Waals surface area contributed by atoms with Crippen LogP contribution in [0.1, 0.15) is 6.92 Å². The van der Waals surface area contributed by atoms with E-state index in [1.165, 1.54) is 22.2 Å². The predicted molar refractivity (Wildman–Crippen MR) is 68.2 cm³/mol. The quantitative estimate of drug-likeness (QED) is 0.810. The number of thiophene rings is 1. The van der Waals surface area contributed by atoms with Crippen LogP contribution in [0.25, 0.3) is 10.2 Å². The molecule has 0 spiro atoms. The standard InChI is InChI=1S/C10H9BrN2O3S/c1-2-16-8(14)4-13-5-12-9-6(10(13)15)3-7(11)17-9/h3,5H,2,4H2,1H3. The number of esters is 1. The SMILES string of the molecule is CCOC(=O)Cn1cnc2sc(Br)cc2c1=O. The highest BCUT2D eigenvalue weighted by Gasteiger charge is 2.10. The van der Waals surface area contributed by atoms with Gasteiger partial charge in [0.15, 0.2) is 0 Å². The van der Waals surface area contributed by atoms with E-state index < -0.39 is 5.97 Å². The molecule has 0 aliphatic heterocycles. The lowest BCUT2D eigenvalue weighted by atomic mass is 10.4. The monoisotopic (exact) mass is 316 g/mol. The number of carbonyl (C=O) groups is 1. The molecule has 0 bridgehead atoms. The summed E-state index contributed by atoms with van der Waals surface area (Å²) in [7, 11) is 0. The van der Waals surface area contributed by atoms with Crippen LogP contribution in [0, 0.1) is 0 Å². The van der Waals surface area contributed by atoms with Gasteiger partial charge in [-0.2, -0.15) is 0 Å². The molecule has 0 aromatic carbocycles. The van der Waals surface area contributed by atoms with Crippen molar-refractivity contribution in [2.24, 2.45) is 0 Å². The minimum atomic E-state index is -0.440. The molecule has 0 saturated heterocycles. The normalized spacial score (nSPS) is 10.7. The molecule has 17 heavy (non-hydrogen) atoms. The fourth-order valence-electron chi connectivity index (χ4n) is 1.39. The number of rotatable bonds is 3. The van der Waals surface area contributed by atoms with E-state index in [-0.39, 0.29) is 12.1 Å². The van der Waals surface area contributed by atoms with Gasteiger partial charge in [0, 0.05) is 0 Å². The first kappa shape index (κ1) is 12.3. The lowest BCUT2D eigenvalue weighted by Crippen LogP contribution is -2.25. The molecule has 0 N–H and O–H groups in total. The van der Waals surface area contributed by atoms with Crippen LogP contribution in [0.2, 0.25) is 0 Å². The maximum absolute atomic E-state index is 12.0. The molecular formula is C10H9BrN2O3S. The Bertz CT molecular complexity index is 620. The predicted octanol–water partition coefficient (Wildman–Crippen LogP) is 1.78. The third-order valence-electron chi connectivity index (χ3n) is 2.09. The Kier molecular flexibility index (Phi) is 3.58. The van der Waals surface area contributed by atoms with Crippen molar-refractivity contribution in [2.45, 2.75) is 13.5 Å². The summed E-state index contributed by atoms with van der Waals surface area (Å²) >= 11 is 4.68. The molecule has 0 saturated carbocycles. The van der Waals surface area contributed by atoms with Crippen LogP contribution >= 0.6 is 27.3 Å². The lowest BCUT2D eigenvalue weighted by molar-refractivity contribution is -0.143. The van der Waals surface area contributed by atoms with Gasteiger partial charge in [-0.25, -0.2) is 4.98 Å². The van der Waals surface area contributed by atoms with Crippen molar-refractivity contribution in [3.63, 3.8) is 0 Å². The molecule has 2 aromatic rings. The molecule has 0 amide bonds. The van der Waals surface area contributed by atoms with Crippen LogP contribution in [0.4, 0.5) is 0 Å². The summed E-state index contributed by atoms with van der Waals surface area (Å²) in [6.45, 7) is 1.91. The topological polar surface area (TPSA) is 61.2 Å². The minimum Gasteiger partial charge on any atom is -0.465 e. The minimum absolute atomic E-state index is 0.108. The Morgan fingerprint density at radius 2 is 2.41 bits per heavy atom. The Hall–Kier alpha value is -1.21. The van der Waals surface area contributed by atoms with Gasteiger partial charge in [-0.1, -0.05) is 0 Å². The van der Waals surface area contributed by atoms with Gasteiger partial charge in [0.25, 0.3) is 5.56 Å². The second-order valence-electron chi connectivity index (χ2n) is 3.25. The van der Waals surface area contributed by atoms with E-state index in [1.807, 2.05) is 0 Å². The third kappa shape index (κ3) is 2.55. The summed E-state index contributed by atoms with van der Waals surface area (Å²) in [6, 6.07) is 1.71. The first-order chi connectivity index (χ1) is 8.11. The van der Waals surface area contributed by atoms with Gasteiger partial charge in [0.1, 0.15) is 11.4 Å². The number of aromatic nitrogens is 2. The molecule has 7 heteroatoms. The summed E-state index contributed by atoms with van der Waals surface area (Å²) < 4.78 is 6.87. The maximum Gasteiger partial charge on any atom is 0.326 e. The van der Waals surface area contributed by atoms with Crippen molar-refractivity contribution >= 4 is 43.5 Å². The number of fused-ring (bicyclic) bond motifs is 1. The van der Waals surface area contributed by atoms with E-state index >= 15 is 0 Å². The lowest BCUT2D eigenvalue weighted by Gasteiger charge is -2.04. The molecular weight excluding hydrogens is 308 g/mol. The number of hydrogen-bond acceptors (Lipinski definition) is 5. The van der Waals surface area contributed by atoms with Gasteiger partial charge in [-0.15, -0.1) is 11.3 Å². The molecule has 0 aliphatic carbocycles. The zero-order valence-corrected chi connectivity index (χ0v) is 11.4. The van der Waals surface area contributed by atoms with Crippen LogP contribution in [-0.4, -0.2) is 22.1 Å². The van der Waals surface area contributed by atoms with Gasteiger partial charge < -0.3 is 4.74 Å². The zero-order chi connectivity index (χ0) is 12.4. The molecule has 2 heterocycles. The Morgan fingerprint density at radius 1 is 1.65 bits per heavy atom. The van der Waals surface area contributed by atoms with Crippen molar-refractivity contribution in [3.8, 4) is 0 Å². The molecule has 0 fully saturated rings. The smallest absolute Gasteiger partial charge is 0.326 e. The summed E-state index contributed by atoms with van der Waals surface area (Å²) in [5.41, 5.74) is -0.231. The summed E-state index contributed by atoms with van der Waals surface area (Å²) in [5.74, 6) is -0.440. The van der Waals surface area contributed by atoms with Crippen LogP contribution in [0.15, 0.2) is 21.0 Å². The molecule has 2 aromatic heterocycles. The third-order valence-corrected chi connectivity index (χ3v) is 3.64. The van der Waals surface area contributed by atoms with E-state index in [9.17, 15) is 9.59 Å². The van der Waals surface area contributed by atoms with Crippen molar-refractivity contribution in [1.82, 2.24) is 9.55 Å². The summed E-state index contributed by atoms with van der Waals surface area (Å²) in [5, 5.41) is 0.508. The van der Waals surface area contributed by atoms with E-state index in [4.69, 9.17) is 4.74 Å². The number of halogens is 1. The number of nitrogens with zero attached hydrogens (tertiary/aromatic N) is 2. The number of hydrogen-bond donors (Lipinski definition) is 0. The Labute approximate surface area is 109 Å². The molecule has 0 aliphatic rings. The molecule has 5 nitrogen and oxygen atoms in total. The fourth-order valence-corrected chi connectivity index (χ4v) is 2.80. The van der Waals surface area contributed by atoms with Crippen LogP contribution in [0.3, 0.4) is 0 Å². The first-order valence-corrected chi connectivity index (χ1v) is 6.53. The molecule has 0 atom stereocenters. The second-order valence-corrected chi connectivity index (χ2v) is 5.66. The zero-order valence-electron chi connectivity index (χ0n) is 8.97. The van der Waals surface area contributed by atoms with Crippen molar-refractivity contribution < 1.29 is 9.53 Å². The van der Waals surface area contributed by atoms with Gasteiger partial charge in [0.2, 0.25) is 0 Å². The van der Waals surface area contributed by atoms with E-state index in [0.29, 0.717) is 16.8 Å². The van der Waals surface area contributed by atoms with Crippen molar-refractivity contribution in [2.75, 3.05) is 6.61 Å².